The summed E-state index contributed by atoms with van der Waals surface area (Å²) < 4.78 is 8.96. The normalized spacial score (nSPS) is 18.1. The Hall–Kier alpha value is 0.407. The minimum atomic E-state index is -1.07. The lowest BCUT2D eigenvalue weighted by atomic mass is 10.3. The van der Waals surface area contributed by atoms with Crippen LogP contribution in [0.4, 0.5) is 0 Å². The Balaban J connectivity index is 1.91. The fourth-order valence-electron chi connectivity index (χ4n) is 2.05. The maximum absolute atomic E-state index is 6.09. The summed E-state index contributed by atoms with van der Waals surface area (Å²) in [6.07, 6.45) is 3.06. The molecule has 1 saturated carbocycles. The molecule has 1 fully saturated rings. The monoisotopic (exact) mass is 398 g/mol. The van der Waals surface area contributed by atoms with E-state index in [0.29, 0.717) is 18.0 Å². The summed E-state index contributed by atoms with van der Waals surface area (Å²) in [4.78, 5) is 0. The van der Waals surface area contributed by atoms with E-state index in [0.717, 1.165) is 9.62 Å². The molecule has 0 amide bonds. The van der Waals surface area contributed by atoms with Crippen molar-refractivity contribution in [3.05, 3.63) is 14.9 Å². The van der Waals surface area contributed by atoms with Crippen LogP contribution < -0.4 is 0 Å². The molecular weight excluding hydrogens is 379 g/mol. The lowest BCUT2D eigenvalue weighted by molar-refractivity contribution is -0.00212. The number of hydrogen-bond donors (Lipinski definition) is 0. The molecular formula is C12H20ClIN2OSi. The van der Waals surface area contributed by atoms with Crippen molar-refractivity contribution in [2.24, 2.45) is 5.92 Å². The Bertz CT molecular complexity index is 415. The molecule has 1 aliphatic carbocycles. The minimum absolute atomic E-state index is 0.412. The molecule has 18 heavy (non-hydrogen) atoms. The van der Waals surface area contributed by atoms with Crippen molar-refractivity contribution in [2.45, 2.75) is 51.4 Å². The molecule has 3 nitrogen and oxygen atoms in total. The zero-order valence-corrected chi connectivity index (χ0v) is 15.0. The van der Waals surface area contributed by atoms with Gasteiger partial charge in [0.2, 0.25) is 0 Å². The zero-order valence-electron chi connectivity index (χ0n) is 11.1. The molecule has 0 bridgehead atoms. The van der Waals surface area contributed by atoms with Crippen LogP contribution in [0.1, 0.15) is 12.8 Å². The quantitative estimate of drug-likeness (QED) is 0.529. The van der Waals surface area contributed by atoms with Gasteiger partial charge in [-0.15, -0.1) is 0 Å². The average molecular weight is 399 g/mol. The van der Waals surface area contributed by atoms with Gasteiger partial charge in [-0.25, -0.2) is 4.68 Å². The maximum atomic E-state index is 6.09. The lowest BCUT2D eigenvalue weighted by Crippen LogP contribution is -2.30. The van der Waals surface area contributed by atoms with Gasteiger partial charge in [-0.3, -0.25) is 0 Å². The third kappa shape index (κ3) is 4.50. The highest BCUT2D eigenvalue weighted by Gasteiger charge is 2.35. The van der Waals surface area contributed by atoms with Crippen LogP contribution >= 0.6 is 34.2 Å². The van der Waals surface area contributed by atoms with Crippen LogP contribution in [-0.4, -0.2) is 24.0 Å². The highest BCUT2D eigenvalue weighted by molar-refractivity contribution is 14.1. The van der Waals surface area contributed by atoms with Crippen molar-refractivity contribution in [3.8, 4) is 0 Å². The number of hydrogen-bond acceptors (Lipinski definition) is 2. The van der Waals surface area contributed by atoms with Crippen LogP contribution in [0.3, 0.4) is 0 Å². The Labute approximate surface area is 128 Å². The zero-order chi connectivity index (χ0) is 13.3. The smallest absolute Gasteiger partial charge is 0.152 e. The average Bonchev–Trinajstić information content (AvgIpc) is 2.99. The van der Waals surface area contributed by atoms with E-state index >= 15 is 0 Å². The van der Waals surface area contributed by atoms with E-state index in [9.17, 15) is 0 Å². The van der Waals surface area contributed by atoms with Crippen LogP contribution in [0.2, 0.25) is 30.8 Å². The van der Waals surface area contributed by atoms with Crippen molar-refractivity contribution in [2.75, 3.05) is 0 Å². The maximum Gasteiger partial charge on any atom is 0.152 e. The molecule has 0 saturated heterocycles. The predicted molar refractivity (Wildman–Crippen MR) is 85.7 cm³/mol. The first kappa shape index (κ1) is 14.8. The van der Waals surface area contributed by atoms with E-state index in [1.54, 1.807) is 0 Å². The molecule has 0 spiro atoms. The lowest BCUT2D eigenvalue weighted by Gasteiger charge is -2.24. The Morgan fingerprint density at radius 1 is 1.56 bits per heavy atom. The molecule has 1 heterocycles. The molecule has 1 unspecified atom stereocenters. The number of ether oxygens (including phenoxy) is 1. The highest BCUT2D eigenvalue weighted by Crippen LogP contribution is 2.38. The molecule has 2 rings (SSSR count). The Morgan fingerprint density at radius 2 is 2.22 bits per heavy atom. The van der Waals surface area contributed by atoms with E-state index in [1.165, 1.54) is 18.9 Å². The number of aromatic nitrogens is 2. The first-order valence-electron chi connectivity index (χ1n) is 6.35. The van der Waals surface area contributed by atoms with Gasteiger partial charge in [-0.1, -0.05) is 31.2 Å². The van der Waals surface area contributed by atoms with Gasteiger partial charge in [0.15, 0.2) is 5.15 Å². The van der Waals surface area contributed by atoms with Crippen molar-refractivity contribution in [3.63, 3.8) is 0 Å². The van der Waals surface area contributed by atoms with E-state index in [1.807, 2.05) is 10.7 Å². The van der Waals surface area contributed by atoms with Gasteiger partial charge in [0.1, 0.15) is 10.4 Å². The minimum Gasteiger partial charge on any atom is -0.356 e. The van der Waals surface area contributed by atoms with Gasteiger partial charge >= 0.3 is 0 Å². The van der Waals surface area contributed by atoms with E-state index < -0.39 is 8.07 Å². The fraction of sp³-hybridized carbons (Fsp3) is 0.750. The van der Waals surface area contributed by atoms with Crippen molar-refractivity contribution in [1.82, 2.24) is 9.78 Å². The third-order valence-corrected chi connectivity index (χ3v) is 5.75. The standard InChI is InChI=1S/C12H20ClIN2OSi/c1-18(2,3)7-10(9-4-5-9)17-8-16-12(14)6-11(13)15-16/h6,9-10H,4-5,7-8H2,1-3H3. The molecule has 102 valence electrons. The fourth-order valence-corrected chi connectivity index (χ4v) is 4.63. The molecule has 1 aliphatic rings. The number of rotatable bonds is 6. The summed E-state index contributed by atoms with van der Waals surface area (Å²) in [7, 11) is -1.07. The van der Waals surface area contributed by atoms with Crippen LogP contribution in [0, 0.1) is 9.62 Å². The summed E-state index contributed by atoms with van der Waals surface area (Å²) in [5.74, 6) is 0.778. The third-order valence-electron chi connectivity index (χ3n) is 3.07. The topological polar surface area (TPSA) is 27.1 Å². The molecule has 0 N–H and O–H groups in total. The molecule has 1 aromatic heterocycles. The van der Waals surface area contributed by atoms with Crippen LogP contribution in [0.15, 0.2) is 6.07 Å². The van der Waals surface area contributed by atoms with Crippen LogP contribution in [-0.2, 0) is 11.5 Å². The second-order valence-electron chi connectivity index (χ2n) is 6.23. The number of nitrogens with zero attached hydrogens (tertiary/aromatic N) is 2. The second kappa shape index (κ2) is 5.81. The summed E-state index contributed by atoms with van der Waals surface area (Å²) >= 11 is 8.11. The van der Waals surface area contributed by atoms with Crippen molar-refractivity contribution >= 4 is 42.3 Å². The molecule has 0 aliphatic heterocycles. The van der Waals surface area contributed by atoms with E-state index in [-0.39, 0.29) is 0 Å². The van der Waals surface area contributed by atoms with Crippen LogP contribution in [0.5, 0.6) is 0 Å². The van der Waals surface area contributed by atoms with Crippen LogP contribution in [0.25, 0.3) is 0 Å². The van der Waals surface area contributed by atoms with Crippen molar-refractivity contribution < 1.29 is 4.74 Å². The molecule has 1 atom stereocenters. The molecule has 6 heteroatoms. The Morgan fingerprint density at radius 3 is 2.67 bits per heavy atom. The van der Waals surface area contributed by atoms with Crippen molar-refractivity contribution in [1.29, 1.82) is 0 Å². The first-order chi connectivity index (χ1) is 8.35. The highest BCUT2D eigenvalue weighted by atomic mass is 127. The van der Waals surface area contributed by atoms with Gasteiger partial charge in [-0.05, 0) is 47.4 Å². The predicted octanol–water partition coefficient (Wildman–Crippen LogP) is 4.23. The van der Waals surface area contributed by atoms with Gasteiger partial charge in [0.25, 0.3) is 0 Å². The summed E-state index contributed by atoms with van der Waals surface area (Å²) in [6.45, 7) is 7.73. The van der Waals surface area contributed by atoms with Gasteiger partial charge < -0.3 is 4.74 Å². The van der Waals surface area contributed by atoms with E-state index in [4.69, 9.17) is 16.3 Å². The number of halogens is 2. The van der Waals surface area contributed by atoms with Gasteiger partial charge in [0.05, 0.1) is 6.10 Å². The summed E-state index contributed by atoms with van der Waals surface area (Å²) in [5.41, 5.74) is 0. The second-order valence-corrected chi connectivity index (χ2v) is 13.2. The summed E-state index contributed by atoms with van der Waals surface area (Å²) in [5, 5.41) is 4.76. The molecule has 0 aromatic carbocycles. The molecule has 1 aromatic rings. The largest absolute Gasteiger partial charge is 0.356 e. The SMILES string of the molecule is C[Si](C)(C)CC(OCn1nc(Cl)cc1I)C1CC1. The van der Waals surface area contributed by atoms with E-state index in [2.05, 4.69) is 47.3 Å². The van der Waals surface area contributed by atoms with Gasteiger partial charge in [-0.2, -0.15) is 5.10 Å². The summed E-state index contributed by atoms with van der Waals surface area (Å²) in [6, 6.07) is 3.10. The first-order valence-corrected chi connectivity index (χ1v) is 11.5. The van der Waals surface area contributed by atoms with Gasteiger partial charge in [0, 0.05) is 14.1 Å². The Kier molecular flexibility index (Phi) is 4.78. The molecule has 0 radical (unpaired) electrons.